The molecule has 5 fully saturated rings. The van der Waals surface area contributed by atoms with E-state index in [9.17, 15) is 9.59 Å². The molecule has 0 radical (unpaired) electrons. The lowest BCUT2D eigenvalue weighted by Crippen LogP contribution is -2.65. The minimum atomic E-state index is -0.627. The lowest BCUT2D eigenvalue weighted by Gasteiger charge is -2.64. The molecule has 0 aromatic heterocycles. The van der Waals surface area contributed by atoms with Gasteiger partial charge in [-0.2, -0.15) is 0 Å². The molecule has 1 amide bonds. The zero-order valence-corrected chi connectivity index (χ0v) is 24.1. The third-order valence-electron chi connectivity index (χ3n) is 9.31. The quantitative estimate of drug-likeness (QED) is 0.241. The zero-order chi connectivity index (χ0) is 25.8. The molecule has 9 heteroatoms. The molecule has 3 aliphatic carbocycles. The average molecular weight is 556 g/mol. The van der Waals surface area contributed by atoms with Gasteiger partial charge in [0, 0.05) is 11.9 Å². The van der Waals surface area contributed by atoms with Crippen LogP contribution in [0.25, 0.3) is 0 Å². The fourth-order valence-corrected chi connectivity index (χ4v) is 7.94. The molecular formula is C26H43BBrNO6. The number of nitrogens with zero attached hydrogens (tertiary/aromatic N) is 1. The second kappa shape index (κ2) is 9.82. The number of alkyl halides is 1. The van der Waals surface area contributed by atoms with Crippen molar-refractivity contribution in [1.29, 1.82) is 0 Å². The monoisotopic (exact) mass is 555 g/mol. The second-order valence-electron chi connectivity index (χ2n) is 12.8. The van der Waals surface area contributed by atoms with Crippen molar-refractivity contribution in [2.45, 2.75) is 103 Å². The smallest absolute Gasteiger partial charge is 0.457 e. The Hall–Kier alpha value is -0.795. The van der Waals surface area contributed by atoms with E-state index in [2.05, 4.69) is 36.7 Å². The van der Waals surface area contributed by atoms with Crippen molar-refractivity contribution in [2.24, 2.45) is 29.1 Å². The number of likely N-dealkylation sites (tertiary alicyclic amines) is 1. The van der Waals surface area contributed by atoms with Gasteiger partial charge in [-0.15, -0.1) is 0 Å². The van der Waals surface area contributed by atoms with Crippen LogP contribution in [-0.4, -0.2) is 66.4 Å². The van der Waals surface area contributed by atoms with E-state index < -0.39 is 17.7 Å². The molecule has 2 bridgehead atoms. The van der Waals surface area contributed by atoms with E-state index in [1.165, 1.54) is 13.5 Å². The van der Waals surface area contributed by atoms with Gasteiger partial charge >= 0.3 is 19.2 Å². The number of halogens is 1. The maximum absolute atomic E-state index is 13.0. The summed E-state index contributed by atoms with van der Waals surface area (Å²) >= 11 is 3.56. The van der Waals surface area contributed by atoms with Crippen LogP contribution < -0.4 is 0 Å². The predicted molar refractivity (Wildman–Crippen MR) is 138 cm³/mol. The molecule has 1 unspecified atom stereocenters. The molecule has 5 aliphatic rings. The van der Waals surface area contributed by atoms with E-state index in [0.717, 1.165) is 43.3 Å². The largest absolute Gasteiger partial charge is 0.467 e. The van der Waals surface area contributed by atoms with Gasteiger partial charge < -0.3 is 18.8 Å². The molecule has 35 heavy (non-hydrogen) atoms. The Kier molecular flexibility index (Phi) is 7.65. The van der Waals surface area contributed by atoms with E-state index in [1.54, 1.807) is 4.90 Å². The number of carbonyl (C=O) groups excluding carboxylic acids is 2. The number of methoxy groups -OCH3 is 1. The van der Waals surface area contributed by atoms with Gasteiger partial charge in [-0.1, -0.05) is 36.2 Å². The van der Waals surface area contributed by atoms with Crippen molar-refractivity contribution < 1.29 is 28.4 Å². The van der Waals surface area contributed by atoms with Crippen molar-refractivity contribution in [3.63, 3.8) is 0 Å². The van der Waals surface area contributed by atoms with Crippen molar-refractivity contribution in [3.05, 3.63) is 0 Å². The fourth-order valence-electron chi connectivity index (χ4n) is 7.36. The normalized spacial score (nSPS) is 37.6. The summed E-state index contributed by atoms with van der Waals surface area (Å²) in [6.07, 6.45) is 5.41. The Balaban J connectivity index is 1.40. The van der Waals surface area contributed by atoms with Gasteiger partial charge in [0.05, 0.1) is 18.8 Å². The highest BCUT2D eigenvalue weighted by Crippen LogP contribution is 2.65. The summed E-state index contributed by atoms with van der Waals surface area (Å²) in [5, 5.41) is 0.817. The number of hydrogen-bond acceptors (Lipinski definition) is 6. The SMILES string of the molecule is COC(=O)[C@H]1[C@H](CCCB2O[C@@H]3C[C@@H]4C[C@@H](C4(C)C)[C@]3(C)O2)C(CCBr)CN1C(=O)OC(C)(C)C. The third kappa shape index (κ3) is 5.03. The van der Waals surface area contributed by atoms with Crippen LogP contribution in [0.5, 0.6) is 0 Å². The van der Waals surface area contributed by atoms with E-state index in [0.29, 0.717) is 17.9 Å². The summed E-state index contributed by atoms with van der Waals surface area (Å²) in [5.74, 6) is 1.12. The zero-order valence-electron chi connectivity index (χ0n) is 22.5. The highest BCUT2D eigenvalue weighted by atomic mass is 79.9. The highest BCUT2D eigenvalue weighted by Gasteiger charge is 2.67. The molecule has 2 saturated heterocycles. The Morgan fingerprint density at radius 3 is 2.49 bits per heavy atom. The molecule has 0 spiro atoms. The highest BCUT2D eigenvalue weighted by molar-refractivity contribution is 9.09. The molecule has 2 heterocycles. The first kappa shape index (κ1) is 27.2. The third-order valence-corrected chi connectivity index (χ3v) is 9.77. The Morgan fingerprint density at radius 1 is 1.17 bits per heavy atom. The van der Waals surface area contributed by atoms with E-state index in [-0.39, 0.29) is 36.6 Å². The number of ether oxygens (including phenoxy) is 2. The van der Waals surface area contributed by atoms with Gasteiger partial charge in [-0.3, -0.25) is 4.90 Å². The molecule has 7 atom stereocenters. The van der Waals surface area contributed by atoms with Crippen LogP contribution in [0.1, 0.15) is 73.6 Å². The van der Waals surface area contributed by atoms with Crippen LogP contribution in [0.4, 0.5) is 4.79 Å². The van der Waals surface area contributed by atoms with Crippen molar-refractivity contribution in [2.75, 3.05) is 19.0 Å². The Labute approximate surface area is 219 Å². The van der Waals surface area contributed by atoms with Gasteiger partial charge in [0.2, 0.25) is 0 Å². The van der Waals surface area contributed by atoms with Crippen molar-refractivity contribution in [3.8, 4) is 0 Å². The number of carbonyl (C=O) groups is 2. The summed E-state index contributed by atoms with van der Waals surface area (Å²) in [7, 11) is 1.19. The summed E-state index contributed by atoms with van der Waals surface area (Å²) in [4.78, 5) is 27.4. The molecule has 0 N–H and O–H groups in total. The molecule has 0 aromatic carbocycles. The summed E-state index contributed by atoms with van der Waals surface area (Å²) in [5.41, 5.74) is -0.494. The van der Waals surface area contributed by atoms with Gasteiger partial charge in [0.1, 0.15) is 11.6 Å². The van der Waals surface area contributed by atoms with Gasteiger partial charge in [0.15, 0.2) is 0 Å². The van der Waals surface area contributed by atoms with Crippen LogP contribution in [0.2, 0.25) is 6.32 Å². The van der Waals surface area contributed by atoms with Gasteiger partial charge in [-0.05, 0) is 88.8 Å². The Bertz CT molecular complexity index is 818. The first-order chi connectivity index (χ1) is 16.3. The molecule has 2 aliphatic heterocycles. The number of amides is 1. The molecule has 7 nitrogen and oxygen atoms in total. The maximum Gasteiger partial charge on any atom is 0.457 e. The van der Waals surface area contributed by atoms with Crippen LogP contribution in [0, 0.1) is 29.1 Å². The summed E-state index contributed by atoms with van der Waals surface area (Å²) in [6.45, 7) is 13.0. The van der Waals surface area contributed by atoms with Crippen molar-refractivity contribution in [1.82, 2.24) is 4.90 Å². The molecular weight excluding hydrogens is 513 g/mol. The molecule has 3 saturated carbocycles. The molecule has 5 rings (SSSR count). The van der Waals surface area contributed by atoms with E-state index in [4.69, 9.17) is 18.8 Å². The fraction of sp³-hybridized carbons (Fsp3) is 0.923. The van der Waals surface area contributed by atoms with E-state index >= 15 is 0 Å². The van der Waals surface area contributed by atoms with Gasteiger partial charge in [0.25, 0.3) is 0 Å². The summed E-state index contributed by atoms with van der Waals surface area (Å²) < 4.78 is 23.8. The molecule has 0 aromatic rings. The number of rotatable bonds is 7. The lowest BCUT2D eigenvalue weighted by molar-refractivity contribution is -0.199. The standard InChI is InChI=1S/C26H43BBrNO6/c1-24(2,3)33-23(31)29-15-16(10-12-28)18(21(29)22(30)32-7)9-8-11-27-34-20-14-17-13-19(25(17,4)5)26(20,6)35-27/h16-21H,8-15H2,1-7H3/t16?,17-,18+,19-,20+,21+,26-/m0/s1. The molecule has 198 valence electrons. The first-order valence-corrected chi connectivity index (χ1v) is 14.4. The minimum Gasteiger partial charge on any atom is -0.467 e. The van der Waals surface area contributed by atoms with Crippen LogP contribution in [-0.2, 0) is 23.6 Å². The van der Waals surface area contributed by atoms with Crippen molar-refractivity contribution >= 4 is 35.1 Å². The van der Waals surface area contributed by atoms with Crippen LogP contribution in [0.15, 0.2) is 0 Å². The van der Waals surface area contributed by atoms with E-state index in [1.807, 2.05) is 20.8 Å². The Morgan fingerprint density at radius 2 is 1.89 bits per heavy atom. The minimum absolute atomic E-state index is 0.0125. The second-order valence-corrected chi connectivity index (χ2v) is 13.6. The van der Waals surface area contributed by atoms with Gasteiger partial charge in [-0.25, -0.2) is 9.59 Å². The summed E-state index contributed by atoms with van der Waals surface area (Å²) in [6, 6.07) is -0.627. The average Bonchev–Trinajstić information content (AvgIpc) is 3.29. The lowest BCUT2D eigenvalue weighted by atomic mass is 9.43. The maximum atomic E-state index is 13.0. The topological polar surface area (TPSA) is 74.3 Å². The van der Waals surface area contributed by atoms with Crippen LogP contribution >= 0.6 is 15.9 Å². The van der Waals surface area contributed by atoms with Crippen LogP contribution in [0.3, 0.4) is 0 Å². The first-order valence-electron chi connectivity index (χ1n) is 13.3. The predicted octanol–water partition coefficient (Wildman–Crippen LogP) is 5.30. The number of esters is 1. The number of hydrogen-bond donors (Lipinski definition) is 0.